The fourth-order valence-corrected chi connectivity index (χ4v) is 1.95. The summed E-state index contributed by atoms with van der Waals surface area (Å²) in [4.78, 5) is 0. The van der Waals surface area contributed by atoms with E-state index < -0.39 is 0 Å². The summed E-state index contributed by atoms with van der Waals surface area (Å²) in [7, 11) is 0. The summed E-state index contributed by atoms with van der Waals surface area (Å²) < 4.78 is 0. The van der Waals surface area contributed by atoms with Gasteiger partial charge >= 0.3 is 0 Å². The Morgan fingerprint density at radius 3 is 2.62 bits per heavy atom. The molecule has 0 bridgehead atoms. The van der Waals surface area contributed by atoms with Crippen LogP contribution in [0.4, 0.5) is 0 Å². The minimum absolute atomic E-state index is 0.645. The molecule has 0 fully saturated rings. The Morgan fingerprint density at radius 2 is 1.92 bits per heavy atom. The molecule has 1 aliphatic carbocycles. The zero-order valence-electron chi connectivity index (χ0n) is 7.74. The van der Waals surface area contributed by atoms with E-state index in [1.165, 1.54) is 12.0 Å². The number of hydrogen-bond acceptors (Lipinski definition) is 1. The molecular formula is C12H15N. The SMILES string of the molecule is NC1=CCCC(c2ccccc2)C1. The predicted octanol–water partition coefficient (Wildman–Crippen LogP) is 2.80. The molecule has 1 aromatic carbocycles. The van der Waals surface area contributed by atoms with E-state index in [4.69, 9.17) is 5.73 Å². The highest BCUT2D eigenvalue weighted by Gasteiger charge is 2.14. The number of rotatable bonds is 1. The molecule has 0 amide bonds. The maximum Gasteiger partial charge on any atom is 0.00461 e. The minimum atomic E-state index is 0.645. The number of allylic oxidation sites excluding steroid dienone is 2. The highest BCUT2D eigenvalue weighted by molar-refractivity contribution is 5.23. The second-order valence-electron chi connectivity index (χ2n) is 3.67. The number of benzene rings is 1. The molecule has 2 rings (SSSR count). The Labute approximate surface area is 79.3 Å². The average molecular weight is 173 g/mol. The normalized spacial score (nSPS) is 22.5. The fourth-order valence-electron chi connectivity index (χ4n) is 1.95. The first-order valence-corrected chi connectivity index (χ1v) is 4.86. The van der Waals surface area contributed by atoms with Gasteiger partial charge in [-0.1, -0.05) is 36.4 Å². The van der Waals surface area contributed by atoms with Crippen molar-refractivity contribution in [2.75, 3.05) is 0 Å². The molecule has 1 aromatic rings. The fraction of sp³-hybridized carbons (Fsp3) is 0.333. The first-order valence-electron chi connectivity index (χ1n) is 4.86. The quantitative estimate of drug-likeness (QED) is 0.694. The molecule has 0 aromatic heterocycles. The van der Waals surface area contributed by atoms with E-state index in [9.17, 15) is 0 Å². The molecule has 13 heavy (non-hydrogen) atoms. The maximum absolute atomic E-state index is 5.82. The van der Waals surface area contributed by atoms with Crippen molar-refractivity contribution in [1.82, 2.24) is 0 Å². The summed E-state index contributed by atoms with van der Waals surface area (Å²) in [6.45, 7) is 0. The molecule has 0 heterocycles. The Kier molecular flexibility index (Phi) is 2.35. The lowest BCUT2D eigenvalue weighted by molar-refractivity contribution is 0.592. The van der Waals surface area contributed by atoms with Crippen molar-refractivity contribution < 1.29 is 0 Å². The molecule has 1 unspecified atom stereocenters. The van der Waals surface area contributed by atoms with Crippen molar-refractivity contribution in [2.45, 2.75) is 25.2 Å². The van der Waals surface area contributed by atoms with E-state index in [0.29, 0.717) is 5.92 Å². The Hall–Kier alpha value is -1.24. The van der Waals surface area contributed by atoms with Gasteiger partial charge in [-0.25, -0.2) is 0 Å². The topological polar surface area (TPSA) is 26.0 Å². The summed E-state index contributed by atoms with van der Waals surface area (Å²) in [5.74, 6) is 0.645. The highest BCUT2D eigenvalue weighted by Crippen LogP contribution is 2.30. The lowest BCUT2D eigenvalue weighted by atomic mass is 9.86. The lowest BCUT2D eigenvalue weighted by Gasteiger charge is -2.20. The van der Waals surface area contributed by atoms with Crippen molar-refractivity contribution in [3.05, 3.63) is 47.7 Å². The van der Waals surface area contributed by atoms with Gasteiger partial charge in [0.2, 0.25) is 0 Å². The van der Waals surface area contributed by atoms with Gasteiger partial charge in [-0.3, -0.25) is 0 Å². The van der Waals surface area contributed by atoms with Crippen LogP contribution in [0, 0.1) is 0 Å². The molecule has 0 saturated heterocycles. The molecule has 1 nitrogen and oxygen atoms in total. The molecule has 1 aliphatic rings. The summed E-state index contributed by atoms with van der Waals surface area (Å²) in [5.41, 5.74) is 8.31. The Morgan fingerprint density at radius 1 is 1.15 bits per heavy atom. The minimum Gasteiger partial charge on any atom is -0.402 e. The van der Waals surface area contributed by atoms with Gasteiger partial charge in [0.15, 0.2) is 0 Å². The molecule has 0 aliphatic heterocycles. The van der Waals surface area contributed by atoms with E-state index in [1.807, 2.05) is 0 Å². The summed E-state index contributed by atoms with van der Waals surface area (Å²) in [5, 5.41) is 0. The first kappa shape index (κ1) is 8.36. The van der Waals surface area contributed by atoms with E-state index in [-0.39, 0.29) is 0 Å². The van der Waals surface area contributed by atoms with Gasteiger partial charge in [0.25, 0.3) is 0 Å². The zero-order chi connectivity index (χ0) is 9.10. The van der Waals surface area contributed by atoms with Crippen LogP contribution < -0.4 is 5.73 Å². The van der Waals surface area contributed by atoms with Gasteiger partial charge < -0.3 is 5.73 Å². The Balaban J connectivity index is 2.15. The second-order valence-corrected chi connectivity index (χ2v) is 3.67. The van der Waals surface area contributed by atoms with Crippen molar-refractivity contribution in [3.8, 4) is 0 Å². The highest BCUT2D eigenvalue weighted by atomic mass is 14.6. The standard InChI is InChI=1S/C12H15N/c13-12-8-4-7-11(9-12)10-5-2-1-3-6-10/h1-3,5-6,8,11H,4,7,9,13H2. The van der Waals surface area contributed by atoms with Crippen LogP contribution in [0.5, 0.6) is 0 Å². The molecule has 2 N–H and O–H groups in total. The lowest BCUT2D eigenvalue weighted by Crippen LogP contribution is -2.10. The van der Waals surface area contributed by atoms with E-state index in [0.717, 1.165) is 18.5 Å². The van der Waals surface area contributed by atoms with E-state index in [2.05, 4.69) is 36.4 Å². The van der Waals surface area contributed by atoms with Gasteiger partial charge in [0, 0.05) is 5.70 Å². The van der Waals surface area contributed by atoms with Crippen LogP contribution in [0.15, 0.2) is 42.1 Å². The van der Waals surface area contributed by atoms with Crippen molar-refractivity contribution in [3.63, 3.8) is 0 Å². The number of hydrogen-bond donors (Lipinski definition) is 1. The summed E-state index contributed by atoms with van der Waals surface area (Å²) in [6, 6.07) is 10.7. The third-order valence-corrected chi connectivity index (χ3v) is 2.67. The van der Waals surface area contributed by atoms with E-state index in [1.54, 1.807) is 0 Å². The summed E-state index contributed by atoms with van der Waals surface area (Å²) in [6.07, 6.45) is 5.56. The van der Waals surface area contributed by atoms with Crippen LogP contribution in [0.3, 0.4) is 0 Å². The molecule has 1 heteroatoms. The monoisotopic (exact) mass is 173 g/mol. The predicted molar refractivity (Wildman–Crippen MR) is 55.3 cm³/mol. The van der Waals surface area contributed by atoms with Gasteiger partial charge in [-0.2, -0.15) is 0 Å². The van der Waals surface area contributed by atoms with E-state index >= 15 is 0 Å². The van der Waals surface area contributed by atoms with Crippen LogP contribution >= 0.6 is 0 Å². The molecule has 68 valence electrons. The van der Waals surface area contributed by atoms with Crippen LogP contribution in [-0.2, 0) is 0 Å². The molecule has 1 atom stereocenters. The van der Waals surface area contributed by atoms with Crippen LogP contribution in [0.1, 0.15) is 30.7 Å². The molecular weight excluding hydrogens is 158 g/mol. The molecule has 0 saturated carbocycles. The first-order chi connectivity index (χ1) is 6.36. The van der Waals surface area contributed by atoms with Gasteiger partial charge in [0.05, 0.1) is 0 Å². The van der Waals surface area contributed by atoms with Crippen LogP contribution in [0.2, 0.25) is 0 Å². The van der Waals surface area contributed by atoms with Crippen molar-refractivity contribution in [2.24, 2.45) is 5.73 Å². The number of nitrogens with two attached hydrogens (primary N) is 1. The third-order valence-electron chi connectivity index (χ3n) is 2.67. The average Bonchev–Trinajstić information content (AvgIpc) is 2.19. The third kappa shape index (κ3) is 1.92. The van der Waals surface area contributed by atoms with Crippen molar-refractivity contribution >= 4 is 0 Å². The van der Waals surface area contributed by atoms with Gasteiger partial charge in [-0.05, 0) is 30.7 Å². The van der Waals surface area contributed by atoms with Crippen molar-refractivity contribution in [1.29, 1.82) is 0 Å². The maximum atomic E-state index is 5.82. The van der Waals surface area contributed by atoms with Gasteiger partial charge in [-0.15, -0.1) is 0 Å². The summed E-state index contributed by atoms with van der Waals surface area (Å²) >= 11 is 0. The van der Waals surface area contributed by atoms with Gasteiger partial charge in [0.1, 0.15) is 0 Å². The smallest absolute Gasteiger partial charge is 0.00461 e. The zero-order valence-corrected chi connectivity index (χ0v) is 7.74. The Bertz CT molecular complexity index is 300. The largest absolute Gasteiger partial charge is 0.402 e. The molecule has 0 spiro atoms. The van der Waals surface area contributed by atoms with Crippen LogP contribution in [0.25, 0.3) is 0 Å². The second kappa shape index (κ2) is 3.65. The molecule has 0 radical (unpaired) electrons. The van der Waals surface area contributed by atoms with Crippen LogP contribution in [-0.4, -0.2) is 0 Å².